The average molecular weight is 366 g/mol. The van der Waals surface area contributed by atoms with E-state index in [0.717, 1.165) is 23.1 Å². The first-order valence-electron chi connectivity index (χ1n) is 8.40. The molecule has 1 unspecified atom stereocenters. The summed E-state index contributed by atoms with van der Waals surface area (Å²) in [5.41, 5.74) is -1.05. The number of rotatable bonds is 9. The quantitative estimate of drug-likeness (QED) is 0.527. The van der Waals surface area contributed by atoms with Gasteiger partial charge in [0.2, 0.25) is 0 Å². The van der Waals surface area contributed by atoms with Crippen molar-refractivity contribution in [2.75, 3.05) is 6.54 Å². The molecule has 8 heteroatoms. The van der Waals surface area contributed by atoms with Crippen molar-refractivity contribution in [3.63, 3.8) is 0 Å². The van der Waals surface area contributed by atoms with E-state index in [1.807, 2.05) is 6.92 Å². The van der Waals surface area contributed by atoms with Crippen LogP contribution in [0, 0.1) is 11.6 Å². The third-order valence-corrected chi connectivity index (χ3v) is 4.60. The summed E-state index contributed by atoms with van der Waals surface area (Å²) in [4.78, 5) is 3.81. The van der Waals surface area contributed by atoms with Crippen LogP contribution in [0.25, 0.3) is 0 Å². The normalized spacial score (nSPS) is 15.0. The van der Waals surface area contributed by atoms with E-state index in [1.165, 1.54) is 23.4 Å². The van der Waals surface area contributed by atoms with Gasteiger partial charge in [-0.15, -0.1) is 0 Å². The molecule has 0 aliphatic carbocycles. The Morgan fingerprint density at radius 2 is 2.15 bits per heavy atom. The number of aliphatic hydroxyl groups is 1. The van der Waals surface area contributed by atoms with Gasteiger partial charge in [-0.05, 0) is 25.8 Å². The summed E-state index contributed by atoms with van der Waals surface area (Å²) >= 11 is 0. The molecule has 2 rings (SSSR count). The Bertz CT molecular complexity index is 739. The van der Waals surface area contributed by atoms with Gasteiger partial charge < -0.3 is 10.3 Å². The minimum Gasteiger partial charge on any atom is -0.381 e. The molecule has 0 amide bonds. The van der Waals surface area contributed by atoms with Crippen LogP contribution in [0.15, 0.2) is 43.0 Å². The molecule has 26 heavy (non-hydrogen) atoms. The summed E-state index contributed by atoms with van der Waals surface area (Å²) in [5, 5.41) is 26.6. The van der Waals surface area contributed by atoms with Crippen molar-refractivity contribution in [2.45, 2.75) is 44.9 Å². The lowest BCUT2D eigenvalue weighted by Crippen LogP contribution is -2.51. The summed E-state index contributed by atoms with van der Waals surface area (Å²) in [7, 11) is 0. The van der Waals surface area contributed by atoms with Gasteiger partial charge in [-0.3, -0.25) is 0 Å². The van der Waals surface area contributed by atoms with E-state index in [-0.39, 0.29) is 18.7 Å². The minimum absolute atomic E-state index is 0.129. The molecule has 142 valence electrons. The third-order valence-electron chi connectivity index (χ3n) is 4.60. The molecule has 6 nitrogen and oxygen atoms in total. The van der Waals surface area contributed by atoms with Gasteiger partial charge in [-0.2, -0.15) is 10.2 Å². The Kier molecular flexibility index (Phi) is 6.57. The molecule has 0 aliphatic rings. The molecular weight excluding hydrogens is 342 g/mol. The van der Waals surface area contributed by atoms with Crippen LogP contribution in [0.2, 0.25) is 0 Å². The van der Waals surface area contributed by atoms with Crippen LogP contribution in [0.4, 0.5) is 8.78 Å². The zero-order valence-electron chi connectivity index (χ0n) is 14.9. The first kappa shape index (κ1) is 20.2. The lowest BCUT2D eigenvalue weighted by Gasteiger charge is -2.38. The van der Waals surface area contributed by atoms with Gasteiger partial charge in [0.15, 0.2) is 0 Å². The number of hydrogen-bond donors (Lipinski definition) is 2. The highest BCUT2D eigenvalue weighted by molar-refractivity contribution is 5.27. The number of aromatic nitrogens is 3. The van der Waals surface area contributed by atoms with Crippen molar-refractivity contribution in [3.05, 3.63) is 60.2 Å². The second-order valence-corrected chi connectivity index (χ2v) is 6.33. The molecule has 0 saturated carbocycles. The zero-order valence-corrected chi connectivity index (χ0v) is 14.9. The predicted molar refractivity (Wildman–Crippen MR) is 92.3 cm³/mol. The van der Waals surface area contributed by atoms with Crippen LogP contribution in [0.5, 0.6) is 0 Å². The molecule has 0 spiro atoms. The Hall–Kier alpha value is -2.16. The maximum Gasteiger partial charge on any atom is 0.137 e. The second-order valence-electron chi connectivity index (χ2n) is 6.33. The number of hydrogen-bond acceptors (Lipinski definition) is 5. The first-order valence-corrected chi connectivity index (χ1v) is 8.40. The molecular formula is C18H24F2N4O2. The Morgan fingerprint density at radius 3 is 2.73 bits per heavy atom. The predicted octanol–water partition coefficient (Wildman–Crippen LogP) is 2.88. The minimum atomic E-state index is -1.87. The molecule has 1 aromatic heterocycles. The SMILES string of the molecule is C=C(CC)CCN(O)C(C)[C@](O)(Cn1cncn1)c1ccc(F)cc1F. The van der Waals surface area contributed by atoms with E-state index in [0.29, 0.717) is 12.5 Å². The fourth-order valence-corrected chi connectivity index (χ4v) is 2.73. The number of hydroxylamine groups is 2. The van der Waals surface area contributed by atoms with Gasteiger partial charge in [-0.1, -0.05) is 25.1 Å². The first-order chi connectivity index (χ1) is 12.3. The van der Waals surface area contributed by atoms with E-state index in [2.05, 4.69) is 16.7 Å². The zero-order chi connectivity index (χ0) is 19.3. The molecule has 1 heterocycles. The van der Waals surface area contributed by atoms with Crippen molar-refractivity contribution in [1.29, 1.82) is 0 Å². The van der Waals surface area contributed by atoms with E-state index >= 15 is 0 Å². The molecule has 2 aromatic rings. The van der Waals surface area contributed by atoms with Crippen LogP contribution in [0.3, 0.4) is 0 Å². The van der Waals surface area contributed by atoms with E-state index in [4.69, 9.17) is 0 Å². The van der Waals surface area contributed by atoms with E-state index in [9.17, 15) is 19.1 Å². The van der Waals surface area contributed by atoms with Gasteiger partial charge in [0.1, 0.15) is 29.9 Å². The summed E-state index contributed by atoms with van der Waals surface area (Å²) in [6, 6.07) is 2.04. The lowest BCUT2D eigenvalue weighted by molar-refractivity contribution is -0.188. The highest BCUT2D eigenvalue weighted by Crippen LogP contribution is 2.32. The standard InChI is InChI=1S/C18H24F2N4O2/c1-4-13(2)7-8-24(26)14(3)18(25,10-23-12-21-11-22-23)16-6-5-15(19)9-17(16)20/h5-6,9,11-12,14,25-26H,2,4,7-8,10H2,1,3H3/t14?,18-/m1/s1. The molecule has 2 N–H and O–H groups in total. The Balaban J connectivity index is 2.34. The van der Waals surface area contributed by atoms with Gasteiger partial charge >= 0.3 is 0 Å². The monoisotopic (exact) mass is 366 g/mol. The number of nitrogens with zero attached hydrogens (tertiary/aromatic N) is 4. The Labute approximate surface area is 151 Å². The van der Waals surface area contributed by atoms with Crippen molar-refractivity contribution < 1.29 is 19.1 Å². The molecule has 0 fully saturated rings. The highest BCUT2D eigenvalue weighted by atomic mass is 19.1. The summed E-state index contributed by atoms with van der Waals surface area (Å²) < 4.78 is 29.0. The average Bonchev–Trinajstić information content (AvgIpc) is 3.11. The highest BCUT2D eigenvalue weighted by Gasteiger charge is 2.42. The summed E-state index contributed by atoms with van der Waals surface area (Å²) in [6.07, 6.45) is 3.97. The second kappa shape index (κ2) is 8.48. The number of halogens is 2. The summed E-state index contributed by atoms with van der Waals surface area (Å²) in [6.45, 7) is 7.46. The molecule has 1 aromatic carbocycles. The maximum absolute atomic E-state index is 14.4. The van der Waals surface area contributed by atoms with Gasteiger partial charge in [0.05, 0.1) is 12.6 Å². The smallest absolute Gasteiger partial charge is 0.137 e. The molecule has 0 radical (unpaired) electrons. The van der Waals surface area contributed by atoms with Crippen LogP contribution >= 0.6 is 0 Å². The fraction of sp³-hybridized carbons (Fsp3) is 0.444. The molecule has 0 saturated heterocycles. The van der Waals surface area contributed by atoms with Crippen LogP contribution in [0.1, 0.15) is 32.3 Å². The van der Waals surface area contributed by atoms with E-state index in [1.54, 1.807) is 6.92 Å². The van der Waals surface area contributed by atoms with E-state index < -0.39 is 23.3 Å². The van der Waals surface area contributed by atoms with Gasteiger partial charge in [-0.25, -0.2) is 18.4 Å². The van der Waals surface area contributed by atoms with Gasteiger partial charge in [0, 0.05) is 18.2 Å². The third kappa shape index (κ3) is 4.51. The lowest BCUT2D eigenvalue weighted by atomic mass is 9.86. The fourth-order valence-electron chi connectivity index (χ4n) is 2.73. The van der Waals surface area contributed by atoms with Crippen LogP contribution in [-0.4, -0.2) is 42.7 Å². The van der Waals surface area contributed by atoms with Crippen molar-refractivity contribution in [1.82, 2.24) is 19.8 Å². The summed E-state index contributed by atoms with van der Waals surface area (Å²) in [5.74, 6) is -1.65. The molecule has 0 bridgehead atoms. The van der Waals surface area contributed by atoms with Crippen molar-refractivity contribution in [3.8, 4) is 0 Å². The topological polar surface area (TPSA) is 74.4 Å². The van der Waals surface area contributed by atoms with Crippen LogP contribution < -0.4 is 0 Å². The molecule has 0 aliphatic heterocycles. The largest absolute Gasteiger partial charge is 0.381 e. The van der Waals surface area contributed by atoms with Crippen molar-refractivity contribution >= 4 is 0 Å². The number of benzene rings is 1. The Morgan fingerprint density at radius 1 is 1.42 bits per heavy atom. The van der Waals surface area contributed by atoms with Crippen molar-refractivity contribution in [2.24, 2.45) is 0 Å². The van der Waals surface area contributed by atoms with Crippen LogP contribution in [-0.2, 0) is 12.1 Å². The maximum atomic E-state index is 14.4. The molecule has 2 atom stereocenters. The van der Waals surface area contributed by atoms with Gasteiger partial charge in [0.25, 0.3) is 0 Å².